The van der Waals surface area contributed by atoms with Crippen LogP contribution in [-0.4, -0.2) is 29.2 Å². The number of rotatable bonds is 4. The number of carboxylic acids is 1. The van der Waals surface area contributed by atoms with E-state index < -0.39 is 30.5 Å². The number of carbonyl (C=O) groups is 2. The molecule has 1 amide bonds. The standard InChI is InChI=1S/C11H16F3NO3/c12-11(13,14)10(18)15-8(6-9(16)17)7-4-2-1-3-5-7/h7-8H,1-6H2,(H,15,18)(H,16,17)/t8-/m1/s1. The van der Waals surface area contributed by atoms with Crippen LogP contribution in [0.15, 0.2) is 0 Å². The lowest BCUT2D eigenvalue weighted by Crippen LogP contribution is -2.47. The van der Waals surface area contributed by atoms with Crippen LogP contribution in [0, 0.1) is 5.92 Å². The summed E-state index contributed by atoms with van der Waals surface area (Å²) in [6.45, 7) is 0. The van der Waals surface area contributed by atoms with Crippen molar-refractivity contribution >= 4 is 11.9 Å². The first-order chi connectivity index (χ1) is 8.30. The van der Waals surface area contributed by atoms with Crippen LogP contribution in [0.3, 0.4) is 0 Å². The highest BCUT2D eigenvalue weighted by molar-refractivity contribution is 5.82. The molecule has 0 aromatic heterocycles. The molecule has 0 heterocycles. The van der Waals surface area contributed by atoms with E-state index in [1.54, 1.807) is 0 Å². The van der Waals surface area contributed by atoms with Gasteiger partial charge in [0.15, 0.2) is 0 Å². The van der Waals surface area contributed by atoms with Crippen molar-refractivity contribution in [3.8, 4) is 0 Å². The van der Waals surface area contributed by atoms with Crippen molar-refractivity contribution < 1.29 is 27.9 Å². The van der Waals surface area contributed by atoms with Gasteiger partial charge in [-0.3, -0.25) is 9.59 Å². The second-order valence-electron chi connectivity index (χ2n) is 4.57. The van der Waals surface area contributed by atoms with Gasteiger partial charge in [0, 0.05) is 6.04 Å². The first-order valence-corrected chi connectivity index (χ1v) is 5.90. The van der Waals surface area contributed by atoms with E-state index in [1.165, 1.54) is 0 Å². The summed E-state index contributed by atoms with van der Waals surface area (Å²) in [5, 5.41) is 10.5. The minimum atomic E-state index is -4.97. The Hall–Kier alpha value is -1.27. The Morgan fingerprint density at radius 3 is 2.22 bits per heavy atom. The maximum Gasteiger partial charge on any atom is 0.471 e. The third-order valence-corrected chi connectivity index (χ3v) is 3.19. The van der Waals surface area contributed by atoms with E-state index in [4.69, 9.17) is 5.11 Å². The molecule has 0 radical (unpaired) electrons. The molecule has 1 fully saturated rings. The van der Waals surface area contributed by atoms with Crippen LogP contribution in [-0.2, 0) is 9.59 Å². The fraction of sp³-hybridized carbons (Fsp3) is 0.818. The van der Waals surface area contributed by atoms with Gasteiger partial charge in [-0.1, -0.05) is 19.3 Å². The van der Waals surface area contributed by atoms with Crippen LogP contribution in [0.1, 0.15) is 38.5 Å². The average Bonchev–Trinajstić information content (AvgIpc) is 2.27. The van der Waals surface area contributed by atoms with E-state index in [0.717, 1.165) is 19.3 Å². The van der Waals surface area contributed by atoms with Crippen LogP contribution in [0.4, 0.5) is 13.2 Å². The van der Waals surface area contributed by atoms with Crippen LogP contribution in [0.2, 0.25) is 0 Å². The molecule has 0 aromatic rings. The molecule has 1 saturated carbocycles. The Kier molecular flexibility index (Phi) is 4.98. The minimum absolute atomic E-state index is 0.179. The van der Waals surface area contributed by atoms with Gasteiger partial charge in [-0.15, -0.1) is 0 Å². The first-order valence-electron chi connectivity index (χ1n) is 5.90. The maximum absolute atomic E-state index is 12.2. The monoisotopic (exact) mass is 267 g/mol. The highest BCUT2D eigenvalue weighted by atomic mass is 19.4. The van der Waals surface area contributed by atoms with Gasteiger partial charge in [0.1, 0.15) is 0 Å². The quantitative estimate of drug-likeness (QED) is 0.819. The van der Waals surface area contributed by atoms with Gasteiger partial charge in [0.2, 0.25) is 0 Å². The maximum atomic E-state index is 12.2. The molecule has 1 aliphatic carbocycles. The van der Waals surface area contributed by atoms with Crippen LogP contribution in [0.25, 0.3) is 0 Å². The molecule has 0 aromatic carbocycles. The Labute approximate surface area is 103 Å². The minimum Gasteiger partial charge on any atom is -0.481 e. The predicted molar refractivity (Wildman–Crippen MR) is 56.8 cm³/mol. The Morgan fingerprint density at radius 2 is 1.78 bits per heavy atom. The van der Waals surface area contributed by atoms with Gasteiger partial charge in [0.05, 0.1) is 6.42 Å². The molecule has 0 unspecified atom stereocenters. The molecule has 1 aliphatic rings. The van der Waals surface area contributed by atoms with Gasteiger partial charge in [0.25, 0.3) is 0 Å². The smallest absolute Gasteiger partial charge is 0.471 e. The molecule has 1 rings (SSSR count). The summed E-state index contributed by atoms with van der Waals surface area (Å²) in [4.78, 5) is 21.5. The number of alkyl halides is 3. The highest BCUT2D eigenvalue weighted by Crippen LogP contribution is 2.28. The third kappa shape index (κ3) is 4.54. The van der Waals surface area contributed by atoms with Crippen molar-refractivity contribution in [3.63, 3.8) is 0 Å². The summed E-state index contributed by atoms with van der Waals surface area (Å²) >= 11 is 0. The lowest BCUT2D eigenvalue weighted by atomic mass is 9.82. The summed E-state index contributed by atoms with van der Waals surface area (Å²) in [5.41, 5.74) is 0. The molecule has 0 spiro atoms. The van der Waals surface area contributed by atoms with Crippen LogP contribution >= 0.6 is 0 Å². The van der Waals surface area contributed by atoms with E-state index >= 15 is 0 Å². The van der Waals surface area contributed by atoms with E-state index in [-0.39, 0.29) is 5.92 Å². The van der Waals surface area contributed by atoms with Gasteiger partial charge in [-0.25, -0.2) is 0 Å². The largest absolute Gasteiger partial charge is 0.481 e. The normalized spacial score (nSPS) is 19.3. The summed E-state index contributed by atoms with van der Waals surface area (Å²) in [6.07, 6.45) is -1.38. The molecule has 4 nitrogen and oxygen atoms in total. The van der Waals surface area contributed by atoms with Gasteiger partial charge in [-0.05, 0) is 18.8 Å². The zero-order valence-corrected chi connectivity index (χ0v) is 9.79. The fourth-order valence-electron chi connectivity index (χ4n) is 2.31. The molecule has 1 atom stereocenters. The molecule has 104 valence electrons. The first kappa shape index (κ1) is 14.8. The Morgan fingerprint density at radius 1 is 1.22 bits per heavy atom. The van der Waals surface area contributed by atoms with Crippen molar-refractivity contribution in [1.82, 2.24) is 5.32 Å². The summed E-state index contributed by atoms with van der Waals surface area (Å²) < 4.78 is 36.5. The lowest BCUT2D eigenvalue weighted by molar-refractivity contribution is -0.175. The molecular formula is C11H16F3NO3. The van der Waals surface area contributed by atoms with Crippen LogP contribution in [0.5, 0.6) is 0 Å². The second-order valence-corrected chi connectivity index (χ2v) is 4.57. The van der Waals surface area contributed by atoms with Crippen molar-refractivity contribution in [1.29, 1.82) is 0 Å². The average molecular weight is 267 g/mol. The number of halogens is 3. The van der Waals surface area contributed by atoms with Crippen molar-refractivity contribution in [3.05, 3.63) is 0 Å². The van der Waals surface area contributed by atoms with Crippen molar-refractivity contribution in [2.45, 2.75) is 50.7 Å². The van der Waals surface area contributed by atoms with Gasteiger partial charge < -0.3 is 10.4 Å². The Balaban J connectivity index is 2.65. The molecule has 7 heteroatoms. The van der Waals surface area contributed by atoms with E-state index in [2.05, 4.69) is 0 Å². The van der Waals surface area contributed by atoms with Gasteiger partial charge in [-0.2, -0.15) is 13.2 Å². The summed E-state index contributed by atoms with van der Waals surface area (Å²) in [5.74, 6) is -3.44. The molecular weight excluding hydrogens is 251 g/mol. The van der Waals surface area contributed by atoms with Gasteiger partial charge >= 0.3 is 18.1 Å². The Bertz CT molecular complexity index is 311. The van der Waals surface area contributed by atoms with Crippen LogP contribution < -0.4 is 5.32 Å². The molecule has 18 heavy (non-hydrogen) atoms. The number of amides is 1. The number of nitrogens with one attached hydrogen (secondary N) is 1. The summed E-state index contributed by atoms with van der Waals surface area (Å²) in [6, 6.07) is -0.933. The number of hydrogen-bond acceptors (Lipinski definition) is 2. The number of carbonyl (C=O) groups excluding carboxylic acids is 1. The number of aliphatic carboxylic acids is 1. The van der Waals surface area contributed by atoms with Crippen molar-refractivity contribution in [2.24, 2.45) is 5.92 Å². The van der Waals surface area contributed by atoms with E-state index in [0.29, 0.717) is 12.8 Å². The van der Waals surface area contributed by atoms with E-state index in [9.17, 15) is 22.8 Å². The lowest BCUT2D eigenvalue weighted by Gasteiger charge is -2.30. The summed E-state index contributed by atoms with van der Waals surface area (Å²) in [7, 11) is 0. The topological polar surface area (TPSA) is 66.4 Å². The molecule has 0 saturated heterocycles. The fourth-order valence-corrected chi connectivity index (χ4v) is 2.31. The molecule has 0 aliphatic heterocycles. The van der Waals surface area contributed by atoms with Crippen molar-refractivity contribution in [2.75, 3.05) is 0 Å². The zero-order chi connectivity index (χ0) is 13.8. The number of hydrogen-bond donors (Lipinski definition) is 2. The highest BCUT2D eigenvalue weighted by Gasteiger charge is 2.41. The molecule has 2 N–H and O–H groups in total. The molecule has 0 bridgehead atoms. The third-order valence-electron chi connectivity index (χ3n) is 3.19. The SMILES string of the molecule is O=C(O)C[C@@H](NC(=O)C(F)(F)F)C1CCCCC1. The predicted octanol–water partition coefficient (Wildman–Crippen LogP) is 2.09. The second kappa shape index (κ2) is 6.06. The zero-order valence-electron chi connectivity index (χ0n) is 9.79. The number of carboxylic acid groups (broad SMARTS) is 1. The van der Waals surface area contributed by atoms with E-state index in [1.807, 2.05) is 5.32 Å².